The molecule has 0 aromatic heterocycles. The fraction of sp³-hybridized carbons (Fsp3) is 0.533. The lowest BCUT2D eigenvalue weighted by Gasteiger charge is -2.24. The number of benzene rings is 1. The minimum absolute atomic E-state index is 0.122. The first kappa shape index (κ1) is 20.1. The summed E-state index contributed by atoms with van der Waals surface area (Å²) in [5, 5.41) is 3.52. The Morgan fingerprint density at radius 2 is 1.87 bits per heavy atom. The number of rotatable bonds is 6. The van der Waals surface area contributed by atoms with E-state index in [1.54, 1.807) is 12.1 Å². The van der Waals surface area contributed by atoms with Gasteiger partial charge in [0.05, 0.1) is 17.0 Å². The molecule has 0 fully saturated rings. The van der Waals surface area contributed by atoms with Gasteiger partial charge in [0.25, 0.3) is 0 Å². The minimum atomic E-state index is -3.53. The van der Waals surface area contributed by atoms with Crippen LogP contribution in [-0.2, 0) is 14.8 Å². The van der Waals surface area contributed by atoms with Crippen molar-refractivity contribution in [2.45, 2.75) is 39.2 Å². The Kier molecular flexibility index (Phi) is 6.74. The summed E-state index contributed by atoms with van der Waals surface area (Å²) in [6, 6.07) is 4.63. The molecule has 1 N–H and O–H groups in total. The van der Waals surface area contributed by atoms with E-state index in [1.807, 2.05) is 20.8 Å². The highest BCUT2D eigenvalue weighted by atomic mass is 35.5. The SMILES string of the molecule is CC(C)(C)NC(=O)CCCN(c1cc(Cl)ccc1Cl)S(C)(=O)=O. The quantitative estimate of drug-likeness (QED) is 0.821. The Hall–Kier alpha value is -0.980. The number of nitrogens with zero attached hydrogens (tertiary/aromatic N) is 1. The highest BCUT2D eigenvalue weighted by Gasteiger charge is 2.21. The summed E-state index contributed by atoms with van der Waals surface area (Å²) < 4.78 is 25.2. The van der Waals surface area contributed by atoms with E-state index in [0.29, 0.717) is 22.2 Å². The van der Waals surface area contributed by atoms with Crippen LogP contribution >= 0.6 is 23.2 Å². The number of carbonyl (C=O) groups is 1. The maximum Gasteiger partial charge on any atom is 0.232 e. The zero-order valence-electron chi connectivity index (χ0n) is 13.7. The Morgan fingerprint density at radius 3 is 2.39 bits per heavy atom. The molecule has 0 bridgehead atoms. The van der Waals surface area contributed by atoms with E-state index in [9.17, 15) is 13.2 Å². The summed E-state index contributed by atoms with van der Waals surface area (Å²) in [4.78, 5) is 11.8. The topological polar surface area (TPSA) is 66.5 Å². The number of amides is 1. The highest BCUT2D eigenvalue weighted by molar-refractivity contribution is 7.92. The number of anilines is 1. The van der Waals surface area contributed by atoms with Gasteiger partial charge in [0.1, 0.15) is 0 Å². The molecule has 0 aliphatic heterocycles. The van der Waals surface area contributed by atoms with Crippen LogP contribution < -0.4 is 9.62 Å². The van der Waals surface area contributed by atoms with Gasteiger partial charge in [-0.25, -0.2) is 8.42 Å². The fourth-order valence-electron chi connectivity index (χ4n) is 2.01. The molecule has 130 valence electrons. The standard InChI is InChI=1S/C15H22Cl2N2O3S/c1-15(2,3)18-14(20)6-5-9-19(23(4,21)22)13-10-11(16)7-8-12(13)17/h7-8,10H,5-6,9H2,1-4H3,(H,18,20). The van der Waals surface area contributed by atoms with Crippen LogP contribution in [0.3, 0.4) is 0 Å². The predicted molar refractivity (Wildman–Crippen MR) is 95.8 cm³/mol. The maximum absolute atomic E-state index is 12.0. The molecule has 0 saturated carbocycles. The molecule has 0 aliphatic rings. The Labute approximate surface area is 148 Å². The second kappa shape index (κ2) is 7.73. The summed E-state index contributed by atoms with van der Waals surface area (Å²) in [6.45, 7) is 5.81. The van der Waals surface area contributed by atoms with Gasteiger partial charge in [0.2, 0.25) is 15.9 Å². The number of hydrogen-bond donors (Lipinski definition) is 1. The number of nitrogens with one attached hydrogen (secondary N) is 1. The molecule has 0 aliphatic carbocycles. The summed E-state index contributed by atoms with van der Waals surface area (Å²) in [7, 11) is -3.53. The summed E-state index contributed by atoms with van der Waals surface area (Å²) in [6.07, 6.45) is 1.69. The monoisotopic (exact) mass is 380 g/mol. The number of hydrogen-bond acceptors (Lipinski definition) is 3. The Morgan fingerprint density at radius 1 is 1.26 bits per heavy atom. The molecule has 0 heterocycles. The zero-order chi connectivity index (χ0) is 17.8. The van der Waals surface area contributed by atoms with Gasteiger partial charge in [-0.15, -0.1) is 0 Å². The number of sulfonamides is 1. The first-order valence-electron chi connectivity index (χ1n) is 7.14. The van der Waals surface area contributed by atoms with E-state index in [1.165, 1.54) is 10.4 Å². The van der Waals surface area contributed by atoms with Crippen LogP contribution in [0.25, 0.3) is 0 Å². The van der Waals surface area contributed by atoms with Crippen LogP contribution in [0.2, 0.25) is 10.0 Å². The van der Waals surface area contributed by atoms with E-state index in [0.717, 1.165) is 6.26 Å². The van der Waals surface area contributed by atoms with Crippen LogP contribution in [0.15, 0.2) is 18.2 Å². The average Bonchev–Trinajstić information content (AvgIpc) is 2.34. The lowest BCUT2D eigenvalue weighted by molar-refractivity contribution is -0.122. The third kappa shape index (κ3) is 6.97. The average molecular weight is 381 g/mol. The van der Waals surface area contributed by atoms with Crippen molar-refractivity contribution in [2.24, 2.45) is 0 Å². The van der Waals surface area contributed by atoms with Crippen LogP contribution in [-0.4, -0.2) is 32.7 Å². The maximum atomic E-state index is 12.0. The molecule has 0 spiro atoms. The van der Waals surface area contributed by atoms with E-state index in [2.05, 4.69) is 5.32 Å². The van der Waals surface area contributed by atoms with Crippen LogP contribution in [0.1, 0.15) is 33.6 Å². The number of halogens is 2. The third-order valence-electron chi connectivity index (χ3n) is 2.86. The van der Waals surface area contributed by atoms with Crippen molar-refractivity contribution in [3.8, 4) is 0 Å². The van der Waals surface area contributed by atoms with Gasteiger partial charge in [-0.2, -0.15) is 0 Å². The highest BCUT2D eigenvalue weighted by Crippen LogP contribution is 2.30. The molecule has 1 aromatic rings. The Bertz CT molecular complexity index is 670. The van der Waals surface area contributed by atoms with Gasteiger partial charge in [-0.05, 0) is 45.4 Å². The molecule has 0 unspecified atom stereocenters. The van der Waals surface area contributed by atoms with Crippen LogP contribution in [0.5, 0.6) is 0 Å². The van der Waals surface area contributed by atoms with Gasteiger partial charge >= 0.3 is 0 Å². The van der Waals surface area contributed by atoms with Crippen molar-refractivity contribution in [1.29, 1.82) is 0 Å². The molecular formula is C15H22Cl2N2O3S. The van der Waals surface area contributed by atoms with Crippen molar-refractivity contribution in [1.82, 2.24) is 5.32 Å². The van der Waals surface area contributed by atoms with E-state index in [4.69, 9.17) is 23.2 Å². The molecule has 1 aromatic carbocycles. The van der Waals surface area contributed by atoms with Gasteiger partial charge < -0.3 is 5.32 Å². The van der Waals surface area contributed by atoms with Gasteiger partial charge in [-0.3, -0.25) is 9.10 Å². The van der Waals surface area contributed by atoms with E-state index >= 15 is 0 Å². The molecule has 1 amide bonds. The van der Waals surface area contributed by atoms with Gasteiger partial charge in [0, 0.05) is 23.5 Å². The summed E-state index contributed by atoms with van der Waals surface area (Å²) in [5.74, 6) is -0.122. The largest absolute Gasteiger partial charge is 0.352 e. The summed E-state index contributed by atoms with van der Waals surface area (Å²) in [5.41, 5.74) is 0.00189. The van der Waals surface area contributed by atoms with Crippen LogP contribution in [0, 0.1) is 0 Å². The first-order valence-corrected chi connectivity index (χ1v) is 9.74. The molecule has 0 saturated heterocycles. The second-order valence-electron chi connectivity index (χ2n) is 6.33. The zero-order valence-corrected chi connectivity index (χ0v) is 16.0. The molecule has 23 heavy (non-hydrogen) atoms. The van der Waals surface area contributed by atoms with Crippen LogP contribution in [0.4, 0.5) is 5.69 Å². The minimum Gasteiger partial charge on any atom is -0.352 e. The van der Waals surface area contributed by atoms with Crippen molar-refractivity contribution in [2.75, 3.05) is 17.1 Å². The lowest BCUT2D eigenvalue weighted by atomic mass is 10.1. The molecule has 5 nitrogen and oxygen atoms in total. The fourth-order valence-corrected chi connectivity index (χ4v) is 3.41. The molecule has 0 atom stereocenters. The second-order valence-corrected chi connectivity index (χ2v) is 9.08. The smallest absolute Gasteiger partial charge is 0.232 e. The van der Waals surface area contributed by atoms with Gasteiger partial charge in [0.15, 0.2) is 0 Å². The first-order chi connectivity index (χ1) is 10.4. The Balaban J connectivity index is 2.83. The van der Waals surface area contributed by atoms with E-state index in [-0.39, 0.29) is 24.4 Å². The van der Waals surface area contributed by atoms with Gasteiger partial charge in [-0.1, -0.05) is 23.2 Å². The predicted octanol–water partition coefficient (Wildman–Crippen LogP) is 3.45. The molecule has 1 rings (SSSR count). The normalized spacial score (nSPS) is 12.1. The lowest BCUT2D eigenvalue weighted by Crippen LogP contribution is -2.41. The number of carbonyl (C=O) groups excluding carboxylic acids is 1. The summed E-state index contributed by atoms with van der Waals surface area (Å²) >= 11 is 12.0. The van der Waals surface area contributed by atoms with Crippen molar-refractivity contribution in [3.63, 3.8) is 0 Å². The third-order valence-corrected chi connectivity index (χ3v) is 4.59. The van der Waals surface area contributed by atoms with Crippen molar-refractivity contribution in [3.05, 3.63) is 28.2 Å². The van der Waals surface area contributed by atoms with Crippen molar-refractivity contribution < 1.29 is 13.2 Å². The molecule has 0 radical (unpaired) electrons. The molecule has 8 heteroatoms. The van der Waals surface area contributed by atoms with E-state index < -0.39 is 10.0 Å². The van der Waals surface area contributed by atoms with Crippen molar-refractivity contribution >= 4 is 44.8 Å². The molecular weight excluding hydrogens is 359 g/mol.